The highest BCUT2D eigenvalue weighted by Gasteiger charge is 2.51. The van der Waals surface area contributed by atoms with E-state index in [1.54, 1.807) is 0 Å². The van der Waals surface area contributed by atoms with Crippen LogP contribution >= 0.6 is 7.82 Å². The van der Waals surface area contributed by atoms with Crippen LogP contribution in [0, 0.1) is 0 Å². The van der Waals surface area contributed by atoms with E-state index in [4.69, 9.17) is 9.05 Å². The van der Waals surface area contributed by atoms with E-state index in [-0.39, 0.29) is 12.3 Å². The van der Waals surface area contributed by atoms with Gasteiger partial charge in [-0.15, -0.1) is 0 Å². The molecule has 386 valence electrons. The van der Waals surface area contributed by atoms with Gasteiger partial charge in [-0.05, 0) is 19.3 Å². The van der Waals surface area contributed by atoms with Crippen molar-refractivity contribution in [2.75, 3.05) is 6.61 Å². The number of allylic oxidation sites excluding steroid dienone is 1. The summed E-state index contributed by atoms with van der Waals surface area (Å²) in [6, 6.07) is -1.11. The van der Waals surface area contributed by atoms with Crippen molar-refractivity contribution in [3.8, 4) is 0 Å². The van der Waals surface area contributed by atoms with Crippen LogP contribution in [0.1, 0.15) is 258 Å². The van der Waals surface area contributed by atoms with Crippen LogP contribution < -0.4 is 5.32 Å². The molecular weight excluding hydrogens is 846 g/mol. The number of phosphoric ester groups is 1. The predicted octanol–water partition coefficient (Wildman–Crippen LogP) is 11.6. The highest BCUT2D eigenvalue weighted by atomic mass is 31.2. The fourth-order valence-electron chi connectivity index (χ4n) is 8.91. The van der Waals surface area contributed by atoms with Crippen LogP contribution in [0.5, 0.6) is 0 Å². The lowest BCUT2D eigenvalue weighted by molar-refractivity contribution is -0.220. The van der Waals surface area contributed by atoms with E-state index in [9.17, 15) is 44.9 Å². The van der Waals surface area contributed by atoms with Crippen LogP contribution in [-0.4, -0.2) is 96.8 Å². The molecule has 0 aromatic carbocycles. The fourth-order valence-corrected chi connectivity index (χ4v) is 9.87. The van der Waals surface area contributed by atoms with Gasteiger partial charge in [0.25, 0.3) is 0 Å². The quantitative estimate of drug-likeness (QED) is 0.0164. The van der Waals surface area contributed by atoms with Crippen molar-refractivity contribution in [1.29, 1.82) is 0 Å². The van der Waals surface area contributed by atoms with E-state index in [0.717, 1.165) is 44.9 Å². The third-order valence-corrected chi connectivity index (χ3v) is 14.3. The molecule has 1 aliphatic rings. The molecule has 12 nitrogen and oxygen atoms in total. The largest absolute Gasteiger partial charge is 0.472 e. The average molecular weight is 948 g/mol. The van der Waals surface area contributed by atoms with Gasteiger partial charge in [0.2, 0.25) is 5.91 Å². The molecule has 0 aliphatic heterocycles. The Kier molecular flexibility index (Phi) is 40.1. The molecule has 6 unspecified atom stereocenters. The summed E-state index contributed by atoms with van der Waals surface area (Å²) in [4.78, 5) is 23.4. The molecule has 1 amide bonds. The van der Waals surface area contributed by atoms with Crippen LogP contribution in [0.4, 0.5) is 0 Å². The Labute approximate surface area is 397 Å². The standard InChI is InChI=1S/C52H102NO11P/c1-3-5-7-9-11-13-15-16-17-18-19-20-21-22-23-24-25-26-27-28-29-30-31-32-34-36-38-40-42-46(55)53-44(45(54)41-39-37-35-33-14-12-10-8-6-4-2)43-63-65(61,62)64-52-50(59)48(57)47(56)49(58)51(52)60/h39,41,44-45,47-52,54,56-60H,3-38,40,42-43H2,1-2H3,(H,53,55)(H,61,62)/b41-39+/t44-,45+,47?,48+,49?,50?,51?,52?/m0/s1. The topological polar surface area (TPSA) is 206 Å². The molecule has 9 atom stereocenters. The molecule has 0 spiro atoms. The molecule has 0 saturated heterocycles. The molecule has 13 heteroatoms. The summed E-state index contributed by atoms with van der Waals surface area (Å²) in [6.07, 6.45) is 37.5. The van der Waals surface area contributed by atoms with E-state index < -0.39 is 63.2 Å². The van der Waals surface area contributed by atoms with Crippen molar-refractivity contribution in [3.05, 3.63) is 12.2 Å². The molecule has 1 rings (SSSR count). The Hall–Kier alpha value is -0.920. The van der Waals surface area contributed by atoms with Crippen LogP contribution in [-0.2, 0) is 18.4 Å². The van der Waals surface area contributed by atoms with Crippen LogP contribution in [0.25, 0.3) is 0 Å². The molecule has 1 aliphatic carbocycles. The number of nitrogens with one attached hydrogen (secondary N) is 1. The predicted molar refractivity (Wildman–Crippen MR) is 265 cm³/mol. The van der Waals surface area contributed by atoms with E-state index in [1.807, 2.05) is 6.08 Å². The highest BCUT2D eigenvalue weighted by Crippen LogP contribution is 2.47. The molecule has 1 saturated carbocycles. The van der Waals surface area contributed by atoms with Crippen molar-refractivity contribution in [2.24, 2.45) is 0 Å². The van der Waals surface area contributed by atoms with Gasteiger partial charge in [-0.1, -0.05) is 244 Å². The summed E-state index contributed by atoms with van der Waals surface area (Å²) >= 11 is 0. The summed E-state index contributed by atoms with van der Waals surface area (Å²) in [6.45, 7) is 3.84. The number of unbranched alkanes of at least 4 members (excludes halogenated alkanes) is 35. The smallest absolute Gasteiger partial charge is 0.387 e. The first-order chi connectivity index (χ1) is 31.4. The monoisotopic (exact) mass is 948 g/mol. The van der Waals surface area contributed by atoms with Crippen LogP contribution in [0.15, 0.2) is 12.2 Å². The summed E-state index contributed by atoms with van der Waals surface area (Å²) in [5.41, 5.74) is 0. The number of rotatable bonds is 46. The molecule has 0 bridgehead atoms. The Morgan fingerprint density at radius 3 is 1.17 bits per heavy atom. The lowest BCUT2D eigenvalue weighted by Gasteiger charge is -2.41. The zero-order valence-corrected chi connectivity index (χ0v) is 42.5. The second-order valence-electron chi connectivity index (χ2n) is 19.4. The zero-order chi connectivity index (χ0) is 47.8. The Bertz CT molecular complexity index is 1150. The lowest BCUT2D eigenvalue weighted by atomic mass is 9.85. The number of hydrogen-bond acceptors (Lipinski definition) is 10. The molecule has 0 aromatic rings. The van der Waals surface area contributed by atoms with Crippen LogP contribution in [0.3, 0.4) is 0 Å². The SMILES string of the molecule is CCCCCCCCCC/C=C/[C@@H](O)[C@H](COP(=O)(O)OC1C(O)C(O)C(O)[C@@H](O)C1O)NC(=O)CCCCCCCCCCCCCCCCCCCCCCCCCCCCCC. The maximum Gasteiger partial charge on any atom is 0.472 e. The van der Waals surface area contributed by atoms with E-state index in [0.29, 0.717) is 6.42 Å². The van der Waals surface area contributed by atoms with Crippen molar-refractivity contribution < 1.29 is 53.9 Å². The second kappa shape index (κ2) is 42.0. The second-order valence-corrected chi connectivity index (χ2v) is 20.8. The van der Waals surface area contributed by atoms with Gasteiger partial charge in [-0.3, -0.25) is 13.8 Å². The Balaban J connectivity index is 2.24. The first-order valence-corrected chi connectivity index (χ1v) is 28.6. The first kappa shape index (κ1) is 62.1. The van der Waals surface area contributed by atoms with Crippen molar-refractivity contribution in [2.45, 2.75) is 307 Å². The Morgan fingerprint density at radius 1 is 0.508 bits per heavy atom. The summed E-state index contributed by atoms with van der Waals surface area (Å²) in [7, 11) is -5.07. The van der Waals surface area contributed by atoms with Crippen molar-refractivity contribution >= 4 is 13.7 Å². The van der Waals surface area contributed by atoms with Gasteiger partial charge in [0.15, 0.2) is 0 Å². The van der Waals surface area contributed by atoms with Gasteiger partial charge >= 0.3 is 7.82 Å². The van der Waals surface area contributed by atoms with Crippen molar-refractivity contribution in [3.63, 3.8) is 0 Å². The van der Waals surface area contributed by atoms with Crippen LogP contribution in [0.2, 0.25) is 0 Å². The normalized spacial score (nSPS) is 22.0. The Morgan fingerprint density at radius 2 is 0.815 bits per heavy atom. The third kappa shape index (κ3) is 33.3. The van der Waals surface area contributed by atoms with E-state index in [2.05, 4.69) is 19.2 Å². The van der Waals surface area contributed by atoms with Gasteiger partial charge < -0.3 is 40.8 Å². The van der Waals surface area contributed by atoms with E-state index >= 15 is 0 Å². The molecule has 8 N–H and O–H groups in total. The minimum Gasteiger partial charge on any atom is -0.387 e. The number of aliphatic hydroxyl groups excluding tert-OH is 6. The van der Waals surface area contributed by atoms with Gasteiger partial charge in [-0.25, -0.2) is 4.57 Å². The zero-order valence-electron chi connectivity index (χ0n) is 41.6. The van der Waals surface area contributed by atoms with Gasteiger partial charge in [-0.2, -0.15) is 0 Å². The summed E-state index contributed by atoms with van der Waals surface area (Å²) in [5.74, 6) is -0.337. The molecule has 0 heterocycles. The number of amides is 1. The molecule has 1 fully saturated rings. The fraction of sp³-hybridized carbons (Fsp3) is 0.942. The molecule has 65 heavy (non-hydrogen) atoms. The van der Waals surface area contributed by atoms with Gasteiger partial charge in [0, 0.05) is 6.42 Å². The number of phosphoric acid groups is 1. The van der Waals surface area contributed by atoms with E-state index in [1.165, 1.54) is 192 Å². The van der Waals surface area contributed by atoms with Crippen molar-refractivity contribution in [1.82, 2.24) is 5.32 Å². The summed E-state index contributed by atoms with van der Waals surface area (Å²) in [5, 5.41) is 64.0. The third-order valence-electron chi connectivity index (χ3n) is 13.3. The summed E-state index contributed by atoms with van der Waals surface area (Å²) < 4.78 is 22.9. The average Bonchev–Trinajstić information content (AvgIpc) is 3.29. The minimum absolute atomic E-state index is 0.219. The highest BCUT2D eigenvalue weighted by molar-refractivity contribution is 7.47. The maximum absolute atomic E-state index is 13.0. The number of hydrogen-bond donors (Lipinski definition) is 8. The first-order valence-electron chi connectivity index (χ1n) is 27.1. The number of carbonyl (C=O) groups excluding carboxylic acids is 1. The number of carbonyl (C=O) groups is 1. The molecular formula is C52H102NO11P. The lowest BCUT2D eigenvalue weighted by Crippen LogP contribution is -2.64. The van der Waals surface area contributed by atoms with Gasteiger partial charge in [0.05, 0.1) is 18.8 Å². The number of aliphatic hydroxyl groups is 6. The molecule has 0 aromatic heterocycles. The molecule has 0 radical (unpaired) electrons. The van der Waals surface area contributed by atoms with Gasteiger partial charge in [0.1, 0.15) is 36.6 Å². The maximum atomic E-state index is 13.0. The minimum atomic E-state index is -5.07.